The summed E-state index contributed by atoms with van der Waals surface area (Å²) in [6.07, 6.45) is 5.18. The minimum absolute atomic E-state index is 0.120. The highest BCUT2D eigenvalue weighted by Crippen LogP contribution is 2.17. The number of nitrogens with one attached hydrogen (secondary N) is 1. The highest BCUT2D eigenvalue weighted by Gasteiger charge is 2.09. The Bertz CT molecular complexity index is 351. The molecule has 1 aromatic rings. The van der Waals surface area contributed by atoms with Crippen molar-refractivity contribution in [1.82, 2.24) is 5.32 Å². The van der Waals surface area contributed by atoms with E-state index in [1.165, 1.54) is 31.2 Å². The third-order valence-corrected chi connectivity index (χ3v) is 3.89. The zero-order valence-electron chi connectivity index (χ0n) is 12.7. The van der Waals surface area contributed by atoms with E-state index in [2.05, 4.69) is 38.2 Å². The standard InChI is InChI=1S/C17H29NO/c1-4-6-8-15(5-2)12-18-14(3)17-10-7-9-16(11-17)13-19/h7,9-11,14-15,18-19H,4-6,8,12-13H2,1-3H3. The van der Waals surface area contributed by atoms with Gasteiger partial charge in [0.1, 0.15) is 0 Å². The number of hydrogen-bond acceptors (Lipinski definition) is 2. The SMILES string of the molecule is CCCCC(CC)CNC(C)c1cccc(CO)c1. The molecule has 0 aliphatic rings. The first-order valence-electron chi connectivity index (χ1n) is 7.64. The molecule has 1 rings (SSSR count). The molecule has 0 spiro atoms. The average Bonchev–Trinajstić information content (AvgIpc) is 2.47. The van der Waals surface area contributed by atoms with Gasteiger partial charge in [-0.3, -0.25) is 0 Å². The molecule has 1 aromatic carbocycles. The molecule has 108 valence electrons. The van der Waals surface area contributed by atoms with Crippen molar-refractivity contribution in [2.75, 3.05) is 6.54 Å². The van der Waals surface area contributed by atoms with Crippen LogP contribution in [0.5, 0.6) is 0 Å². The Kier molecular flexibility index (Phi) is 7.76. The van der Waals surface area contributed by atoms with Gasteiger partial charge in [-0.15, -0.1) is 0 Å². The van der Waals surface area contributed by atoms with Crippen LogP contribution in [0.25, 0.3) is 0 Å². The molecule has 2 heteroatoms. The Hall–Kier alpha value is -0.860. The van der Waals surface area contributed by atoms with Gasteiger partial charge in [0.2, 0.25) is 0 Å². The van der Waals surface area contributed by atoms with Crippen molar-refractivity contribution in [2.24, 2.45) is 5.92 Å². The van der Waals surface area contributed by atoms with Crippen LogP contribution in [0, 0.1) is 5.92 Å². The highest BCUT2D eigenvalue weighted by molar-refractivity contribution is 5.25. The Morgan fingerprint density at radius 3 is 2.68 bits per heavy atom. The van der Waals surface area contributed by atoms with Gasteiger partial charge in [0, 0.05) is 6.04 Å². The molecule has 2 atom stereocenters. The summed E-state index contributed by atoms with van der Waals surface area (Å²) in [6, 6.07) is 8.55. The van der Waals surface area contributed by atoms with E-state index in [1.807, 2.05) is 12.1 Å². The van der Waals surface area contributed by atoms with E-state index < -0.39 is 0 Å². The van der Waals surface area contributed by atoms with E-state index >= 15 is 0 Å². The Labute approximate surface area is 118 Å². The second-order valence-corrected chi connectivity index (χ2v) is 5.45. The third kappa shape index (κ3) is 5.75. The molecule has 2 N–H and O–H groups in total. The molecule has 2 nitrogen and oxygen atoms in total. The van der Waals surface area contributed by atoms with Crippen molar-refractivity contribution in [3.8, 4) is 0 Å². The maximum atomic E-state index is 9.18. The highest BCUT2D eigenvalue weighted by atomic mass is 16.3. The molecule has 0 saturated heterocycles. The van der Waals surface area contributed by atoms with Crippen molar-refractivity contribution in [3.63, 3.8) is 0 Å². The topological polar surface area (TPSA) is 32.3 Å². The molecule has 0 heterocycles. The van der Waals surface area contributed by atoms with E-state index in [0.29, 0.717) is 6.04 Å². The Morgan fingerprint density at radius 1 is 1.26 bits per heavy atom. The van der Waals surface area contributed by atoms with Crippen LogP contribution in [-0.2, 0) is 6.61 Å². The monoisotopic (exact) mass is 263 g/mol. The summed E-state index contributed by atoms with van der Waals surface area (Å²) in [4.78, 5) is 0. The van der Waals surface area contributed by atoms with E-state index in [0.717, 1.165) is 18.0 Å². The third-order valence-electron chi connectivity index (χ3n) is 3.89. The molecule has 19 heavy (non-hydrogen) atoms. The van der Waals surface area contributed by atoms with E-state index in [1.54, 1.807) is 0 Å². The number of unbranched alkanes of at least 4 members (excludes halogenated alkanes) is 1. The van der Waals surface area contributed by atoms with Crippen LogP contribution >= 0.6 is 0 Å². The van der Waals surface area contributed by atoms with Gasteiger partial charge < -0.3 is 10.4 Å². The molecule has 0 fully saturated rings. The second kappa shape index (κ2) is 9.11. The largest absolute Gasteiger partial charge is 0.392 e. The summed E-state index contributed by atoms with van der Waals surface area (Å²) in [6.45, 7) is 7.93. The first kappa shape index (κ1) is 16.2. The lowest BCUT2D eigenvalue weighted by Gasteiger charge is -2.20. The summed E-state index contributed by atoms with van der Waals surface area (Å²) >= 11 is 0. The molecule has 0 bridgehead atoms. The molecular formula is C17H29NO. The first-order chi connectivity index (χ1) is 9.21. The number of aliphatic hydroxyl groups excluding tert-OH is 1. The van der Waals surface area contributed by atoms with Gasteiger partial charge in [0.25, 0.3) is 0 Å². The predicted molar refractivity (Wildman–Crippen MR) is 82.1 cm³/mol. The maximum Gasteiger partial charge on any atom is 0.0681 e. The van der Waals surface area contributed by atoms with Crippen LogP contribution in [0.4, 0.5) is 0 Å². The molecule has 0 aliphatic carbocycles. The zero-order valence-corrected chi connectivity index (χ0v) is 12.7. The summed E-state index contributed by atoms with van der Waals surface area (Å²) in [5.74, 6) is 0.781. The first-order valence-corrected chi connectivity index (χ1v) is 7.64. The zero-order chi connectivity index (χ0) is 14.1. The van der Waals surface area contributed by atoms with Crippen molar-refractivity contribution in [2.45, 2.75) is 59.1 Å². The summed E-state index contributed by atoms with van der Waals surface area (Å²) < 4.78 is 0. The molecule has 0 amide bonds. The molecule has 0 saturated carbocycles. The van der Waals surface area contributed by atoms with Crippen LogP contribution in [0.2, 0.25) is 0 Å². The number of rotatable bonds is 9. The van der Waals surface area contributed by atoms with E-state index in [4.69, 9.17) is 0 Å². The minimum atomic E-state index is 0.120. The van der Waals surface area contributed by atoms with Crippen molar-refractivity contribution < 1.29 is 5.11 Å². The number of benzene rings is 1. The molecular weight excluding hydrogens is 234 g/mol. The quantitative estimate of drug-likeness (QED) is 0.704. The normalized spacial score (nSPS) is 14.3. The Balaban J connectivity index is 2.46. The summed E-state index contributed by atoms with van der Waals surface area (Å²) in [5.41, 5.74) is 2.25. The van der Waals surface area contributed by atoms with Gasteiger partial charge in [-0.05, 0) is 36.9 Å². The molecule has 0 radical (unpaired) electrons. The van der Waals surface area contributed by atoms with Gasteiger partial charge in [-0.25, -0.2) is 0 Å². The van der Waals surface area contributed by atoms with Crippen LogP contribution in [-0.4, -0.2) is 11.7 Å². The van der Waals surface area contributed by atoms with Crippen LogP contribution < -0.4 is 5.32 Å². The second-order valence-electron chi connectivity index (χ2n) is 5.45. The van der Waals surface area contributed by atoms with Gasteiger partial charge in [0.05, 0.1) is 6.61 Å². The lowest BCUT2D eigenvalue weighted by molar-refractivity contribution is 0.281. The van der Waals surface area contributed by atoms with Crippen molar-refractivity contribution >= 4 is 0 Å². The smallest absolute Gasteiger partial charge is 0.0681 e. The predicted octanol–water partition coefficient (Wildman–Crippen LogP) is 4.05. The lowest BCUT2D eigenvalue weighted by Crippen LogP contribution is -2.25. The minimum Gasteiger partial charge on any atom is -0.392 e. The molecule has 2 unspecified atom stereocenters. The Morgan fingerprint density at radius 2 is 2.05 bits per heavy atom. The van der Waals surface area contributed by atoms with Crippen molar-refractivity contribution in [1.29, 1.82) is 0 Å². The number of aliphatic hydroxyl groups is 1. The summed E-state index contributed by atoms with van der Waals surface area (Å²) in [7, 11) is 0. The van der Waals surface area contributed by atoms with Gasteiger partial charge in [-0.2, -0.15) is 0 Å². The van der Waals surface area contributed by atoms with Gasteiger partial charge in [0.15, 0.2) is 0 Å². The van der Waals surface area contributed by atoms with E-state index in [9.17, 15) is 5.11 Å². The average molecular weight is 263 g/mol. The van der Waals surface area contributed by atoms with Gasteiger partial charge in [-0.1, -0.05) is 57.4 Å². The van der Waals surface area contributed by atoms with Crippen LogP contribution in [0.1, 0.15) is 63.6 Å². The molecule has 0 aromatic heterocycles. The number of hydrogen-bond donors (Lipinski definition) is 2. The molecule has 0 aliphatic heterocycles. The van der Waals surface area contributed by atoms with Gasteiger partial charge >= 0.3 is 0 Å². The van der Waals surface area contributed by atoms with E-state index in [-0.39, 0.29) is 6.61 Å². The van der Waals surface area contributed by atoms with Crippen molar-refractivity contribution in [3.05, 3.63) is 35.4 Å². The fourth-order valence-electron chi connectivity index (χ4n) is 2.37. The lowest BCUT2D eigenvalue weighted by atomic mass is 9.98. The fourth-order valence-corrected chi connectivity index (χ4v) is 2.37. The maximum absolute atomic E-state index is 9.18. The van der Waals surface area contributed by atoms with Crippen LogP contribution in [0.3, 0.4) is 0 Å². The summed E-state index contributed by atoms with van der Waals surface area (Å²) in [5, 5.41) is 12.8. The fraction of sp³-hybridized carbons (Fsp3) is 0.647. The van der Waals surface area contributed by atoms with Crippen LogP contribution in [0.15, 0.2) is 24.3 Å².